The van der Waals surface area contributed by atoms with Crippen LogP contribution in [-0.2, 0) is 23.6 Å². The molecule has 154 valence electrons. The summed E-state index contributed by atoms with van der Waals surface area (Å²) in [5, 5.41) is 10.4. The average Bonchev–Trinajstić information content (AvgIpc) is 3.02. The summed E-state index contributed by atoms with van der Waals surface area (Å²) < 4.78 is 63.0. The molecule has 2 rings (SSSR count). The molecule has 0 aliphatic carbocycles. The molecular formula is C15H25F3N6O2S. The van der Waals surface area contributed by atoms with Crippen molar-refractivity contribution in [2.24, 2.45) is 18.0 Å². The van der Waals surface area contributed by atoms with Crippen molar-refractivity contribution in [3.63, 3.8) is 0 Å². The first-order chi connectivity index (χ1) is 12.6. The van der Waals surface area contributed by atoms with Crippen molar-refractivity contribution in [1.29, 1.82) is 0 Å². The van der Waals surface area contributed by atoms with Crippen LogP contribution in [0, 0.1) is 5.92 Å². The van der Waals surface area contributed by atoms with Crippen LogP contribution in [0.5, 0.6) is 0 Å². The Bertz CT molecular complexity index is 739. The fourth-order valence-corrected chi connectivity index (χ4v) is 3.78. The first-order valence-electron chi connectivity index (χ1n) is 8.70. The number of piperidine rings is 1. The number of sulfonamides is 1. The maximum Gasteiger partial charge on any atom is 0.511 e. The zero-order chi connectivity index (χ0) is 20.1. The number of halogens is 3. The van der Waals surface area contributed by atoms with Crippen LogP contribution >= 0.6 is 0 Å². The Morgan fingerprint density at radius 1 is 1.33 bits per heavy atom. The Hall–Kier alpha value is -1.82. The van der Waals surface area contributed by atoms with Crippen molar-refractivity contribution in [2.75, 3.05) is 26.2 Å². The van der Waals surface area contributed by atoms with Gasteiger partial charge in [-0.1, -0.05) is 0 Å². The van der Waals surface area contributed by atoms with Crippen LogP contribution in [0.4, 0.5) is 13.2 Å². The standard InChI is InChI=1S/C15H25F3N6O2S/c1-3-19-14(21-11-13-4-7-22-23(13)2)20-10-12-5-8-24(9-6-12)27(25,26)15(16,17)18/h4,7,12H,3,5-6,8-11H2,1-2H3,(H2,19,20,21). The molecular weight excluding hydrogens is 385 g/mol. The normalized spacial score (nSPS) is 17.9. The molecule has 2 N–H and O–H groups in total. The second kappa shape index (κ2) is 8.91. The number of nitrogens with one attached hydrogen (secondary N) is 2. The van der Waals surface area contributed by atoms with E-state index in [1.165, 1.54) is 0 Å². The van der Waals surface area contributed by atoms with Gasteiger partial charge in [0.15, 0.2) is 5.96 Å². The molecule has 0 amide bonds. The number of hydrogen-bond acceptors (Lipinski definition) is 4. The summed E-state index contributed by atoms with van der Waals surface area (Å²) in [6.07, 6.45) is 2.42. The van der Waals surface area contributed by atoms with Crippen LogP contribution < -0.4 is 10.6 Å². The van der Waals surface area contributed by atoms with Gasteiger partial charge in [-0.25, -0.2) is 13.4 Å². The van der Waals surface area contributed by atoms with Crippen LogP contribution in [0.25, 0.3) is 0 Å². The molecule has 27 heavy (non-hydrogen) atoms. The van der Waals surface area contributed by atoms with Gasteiger partial charge in [-0.3, -0.25) is 4.68 Å². The molecule has 1 saturated heterocycles. The third-order valence-electron chi connectivity index (χ3n) is 4.43. The van der Waals surface area contributed by atoms with Crippen molar-refractivity contribution in [3.05, 3.63) is 18.0 Å². The van der Waals surface area contributed by atoms with Crippen molar-refractivity contribution >= 4 is 16.0 Å². The molecule has 12 heteroatoms. The lowest BCUT2D eigenvalue weighted by atomic mass is 9.98. The van der Waals surface area contributed by atoms with Crippen LogP contribution in [0.15, 0.2) is 17.3 Å². The summed E-state index contributed by atoms with van der Waals surface area (Å²) in [5.74, 6) is 0.675. The molecule has 0 bridgehead atoms. The first kappa shape index (κ1) is 21.5. The Balaban J connectivity index is 1.86. The maximum atomic E-state index is 12.6. The van der Waals surface area contributed by atoms with Gasteiger partial charge in [0.1, 0.15) is 0 Å². The van der Waals surface area contributed by atoms with E-state index in [-0.39, 0.29) is 19.0 Å². The third kappa shape index (κ3) is 5.58. The Morgan fingerprint density at radius 3 is 2.52 bits per heavy atom. The van der Waals surface area contributed by atoms with Gasteiger partial charge in [0.05, 0.1) is 12.2 Å². The fourth-order valence-electron chi connectivity index (χ4n) is 2.80. The molecule has 0 radical (unpaired) electrons. The van der Waals surface area contributed by atoms with Crippen LogP contribution in [-0.4, -0.2) is 60.2 Å². The SMILES string of the molecule is CCNC(=NCc1ccnn1C)NCC1CCN(S(=O)(=O)C(F)(F)F)CC1. The van der Waals surface area contributed by atoms with Gasteiger partial charge in [0.2, 0.25) is 0 Å². The number of aliphatic imine (C=N–C) groups is 1. The molecule has 1 aromatic rings. The largest absolute Gasteiger partial charge is 0.511 e. The molecule has 1 aromatic heterocycles. The van der Waals surface area contributed by atoms with E-state index >= 15 is 0 Å². The van der Waals surface area contributed by atoms with Crippen LogP contribution in [0.2, 0.25) is 0 Å². The highest BCUT2D eigenvalue weighted by Gasteiger charge is 2.50. The minimum absolute atomic E-state index is 0.0743. The van der Waals surface area contributed by atoms with Gasteiger partial charge in [0.25, 0.3) is 0 Å². The van der Waals surface area contributed by atoms with E-state index in [2.05, 4.69) is 20.7 Å². The van der Waals surface area contributed by atoms with Crippen molar-refractivity contribution in [1.82, 2.24) is 24.7 Å². The predicted molar refractivity (Wildman–Crippen MR) is 95.3 cm³/mol. The summed E-state index contributed by atoms with van der Waals surface area (Å²) in [6.45, 7) is 3.29. The molecule has 1 aliphatic rings. The van der Waals surface area contributed by atoms with E-state index in [0.717, 1.165) is 5.69 Å². The molecule has 0 spiro atoms. The third-order valence-corrected chi connectivity index (χ3v) is 6.06. The summed E-state index contributed by atoms with van der Waals surface area (Å²) in [4.78, 5) is 4.47. The molecule has 2 heterocycles. The quantitative estimate of drug-likeness (QED) is 0.540. The number of hydrogen-bond donors (Lipinski definition) is 2. The summed E-state index contributed by atoms with van der Waals surface area (Å²) >= 11 is 0. The molecule has 0 saturated carbocycles. The minimum atomic E-state index is -5.24. The summed E-state index contributed by atoms with van der Waals surface area (Å²) in [5.41, 5.74) is -4.30. The van der Waals surface area contributed by atoms with E-state index in [4.69, 9.17) is 0 Å². The molecule has 8 nitrogen and oxygen atoms in total. The monoisotopic (exact) mass is 410 g/mol. The highest BCUT2D eigenvalue weighted by atomic mass is 32.2. The van der Waals surface area contributed by atoms with E-state index in [1.807, 2.05) is 20.0 Å². The van der Waals surface area contributed by atoms with Crippen molar-refractivity contribution in [2.45, 2.75) is 31.8 Å². The number of rotatable bonds is 6. The summed E-state index contributed by atoms with van der Waals surface area (Å²) in [6, 6.07) is 1.86. The van der Waals surface area contributed by atoms with Gasteiger partial charge < -0.3 is 10.6 Å². The zero-order valence-corrected chi connectivity index (χ0v) is 16.1. The van der Waals surface area contributed by atoms with Gasteiger partial charge in [-0.15, -0.1) is 0 Å². The predicted octanol–water partition coefficient (Wildman–Crippen LogP) is 1.04. The Labute approximate surface area is 156 Å². The van der Waals surface area contributed by atoms with E-state index in [9.17, 15) is 21.6 Å². The number of nitrogens with zero attached hydrogens (tertiary/aromatic N) is 4. The van der Waals surface area contributed by atoms with Crippen molar-refractivity contribution in [3.8, 4) is 0 Å². The van der Waals surface area contributed by atoms with Crippen LogP contribution in [0.3, 0.4) is 0 Å². The summed E-state index contributed by atoms with van der Waals surface area (Å²) in [7, 11) is -3.40. The van der Waals surface area contributed by atoms with Gasteiger partial charge >= 0.3 is 15.5 Å². The van der Waals surface area contributed by atoms with Crippen LogP contribution in [0.1, 0.15) is 25.5 Å². The molecule has 1 aliphatic heterocycles. The Morgan fingerprint density at radius 2 is 2.00 bits per heavy atom. The lowest BCUT2D eigenvalue weighted by molar-refractivity contribution is -0.0496. The second-order valence-electron chi connectivity index (χ2n) is 6.32. The van der Waals surface area contributed by atoms with Gasteiger partial charge in [-0.2, -0.15) is 22.6 Å². The first-order valence-corrected chi connectivity index (χ1v) is 10.1. The fraction of sp³-hybridized carbons (Fsp3) is 0.733. The smallest absolute Gasteiger partial charge is 0.357 e. The lowest BCUT2D eigenvalue weighted by Crippen LogP contribution is -2.47. The van der Waals surface area contributed by atoms with E-state index in [0.29, 0.717) is 42.7 Å². The van der Waals surface area contributed by atoms with E-state index in [1.54, 1.807) is 10.9 Å². The molecule has 1 fully saturated rings. The van der Waals surface area contributed by atoms with Crippen molar-refractivity contribution < 1.29 is 21.6 Å². The minimum Gasteiger partial charge on any atom is -0.357 e. The van der Waals surface area contributed by atoms with Gasteiger partial charge in [-0.05, 0) is 31.7 Å². The average molecular weight is 410 g/mol. The highest BCUT2D eigenvalue weighted by molar-refractivity contribution is 7.90. The zero-order valence-electron chi connectivity index (χ0n) is 15.3. The maximum absolute atomic E-state index is 12.6. The number of alkyl halides is 3. The number of aryl methyl sites for hydroxylation is 1. The lowest BCUT2D eigenvalue weighted by Gasteiger charge is -2.31. The van der Waals surface area contributed by atoms with E-state index < -0.39 is 15.5 Å². The topological polar surface area (TPSA) is 91.6 Å². The van der Waals surface area contributed by atoms with Gasteiger partial charge in [0, 0.05) is 39.4 Å². The number of aromatic nitrogens is 2. The second-order valence-corrected chi connectivity index (χ2v) is 8.24. The molecule has 0 unspecified atom stereocenters. The highest BCUT2D eigenvalue weighted by Crippen LogP contribution is 2.30. The Kier molecular flexibility index (Phi) is 7.09. The molecule has 0 aromatic carbocycles. The molecule has 0 atom stereocenters. The number of guanidine groups is 1.